The van der Waals surface area contributed by atoms with E-state index in [1.54, 1.807) is 38.5 Å². The summed E-state index contributed by atoms with van der Waals surface area (Å²) in [5.74, 6) is 1.86. The standard InChI is InChI=1S/C21H22N2O5S/c1-6-7-23-16-11-17(27-4)18(28-5)12-19(16)29-21(23)22-20(24)13-8-14(25-2)10-15(9-13)26-3/h6,8-12H,1,7H2,2-5H3. The highest BCUT2D eigenvalue weighted by Crippen LogP contribution is 2.33. The number of carbonyl (C=O) groups excluding carboxylic acids is 1. The van der Waals surface area contributed by atoms with Gasteiger partial charge >= 0.3 is 0 Å². The summed E-state index contributed by atoms with van der Waals surface area (Å²) in [6, 6.07) is 8.70. The molecule has 7 nitrogen and oxygen atoms in total. The number of allylic oxidation sites excluding steroid dienone is 1. The maximum atomic E-state index is 12.9. The van der Waals surface area contributed by atoms with E-state index in [1.807, 2.05) is 16.7 Å². The number of methoxy groups -OCH3 is 4. The van der Waals surface area contributed by atoms with E-state index in [2.05, 4.69) is 11.6 Å². The van der Waals surface area contributed by atoms with Crippen molar-refractivity contribution >= 4 is 27.5 Å². The molecular weight excluding hydrogens is 392 g/mol. The molecule has 0 bridgehead atoms. The summed E-state index contributed by atoms with van der Waals surface area (Å²) in [7, 11) is 6.23. The second-order valence-electron chi connectivity index (χ2n) is 5.98. The SMILES string of the molecule is C=CCn1c(=NC(=O)c2cc(OC)cc(OC)c2)sc2cc(OC)c(OC)cc21. The Labute approximate surface area is 172 Å². The summed E-state index contributed by atoms with van der Waals surface area (Å²) in [6.45, 7) is 4.30. The third kappa shape index (κ3) is 4.12. The summed E-state index contributed by atoms with van der Waals surface area (Å²) < 4.78 is 24.1. The fourth-order valence-corrected chi connectivity index (χ4v) is 3.92. The molecule has 3 rings (SSSR count). The molecule has 0 saturated carbocycles. The highest BCUT2D eigenvalue weighted by Gasteiger charge is 2.14. The molecule has 0 atom stereocenters. The van der Waals surface area contributed by atoms with Crippen LogP contribution in [0.15, 0.2) is 48.0 Å². The van der Waals surface area contributed by atoms with Crippen LogP contribution in [0.2, 0.25) is 0 Å². The molecule has 0 saturated heterocycles. The summed E-state index contributed by atoms with van der Waals surface area (Å²) in [4.78, 5) is 17.8. The van der Waals surface area contributed by atoms with Crippen LogP contribution in [0.4, 0.5) is 0 Å². The molecule has 0 fully saturated rings. The lowest BCUT2D eigenvalue weighted by atomic mass is 10.2. The molecule has 3 aromatic rings. The van der Waals surface area contributed by atoms with Gasteiger partial charge in [-0.25, -0.2) is 0 Å². The van der Waals surface area contributed by atoms with Gasteiger partial charge in [-0.3, -0.25) is 4.79 Å². The van der Waals surface area contributed by atoms with E-state index in [4.69, 9.17) is 18.9 Å². The number of benzene rings is 2. The molecule has 8 heteroatoms. The van der Waals surface area contributed by atoms with Gasteiger partial charge in [0.25, 0.3) is 5.91 Å². The van der Waals surface area contributed by atoms with Crippen molar-refractivity contribution in [1.29, 1.82) is 0 Å². The van der Waals surface area contributed by atoms with Crippen LogP contribution in [0, 0.1) is 0 Å². The van der Waals surface area contributed by atoms with Crippen molar-refractivity contribution in [3.63, 3.8) is 0 Å². The summed E-state index contributed by atoms with van der Waals surface area (Å²) >= 11 is 1.39. The van der Waals surface area contributed by atoms with Crippen LogP contribution in [-0.2, 0) is 6.54 Å². The largest absolute Gasteiger partial charge is 0.497 e. The fraction of sp³-hybridized carbons (Fsp3) is 0.238. The van der Waals surface area contributed by atoms with Crippen LogP contribution in [0.25, 0.3) is 10.2 Å². The van der Waals surface area contributed by atoms with Crippen molar-refractivity contribution in [2.45, 2.75) is 6.54 Å². The zero-order valence-corrected chi connectivity index (χ0v) is 17.5. The Morgan fingerprint density at radius 2 is 1.62 bits per heavy atom. The maximum absolute atomic E-state index is 12.9. The molecule has 1 amide bonds. The zero-order chi connectivity index (χ0) is 21.0. The number of amides is 1. The van der Waals surface area contributed by atoms with Crippen molar-refractivity contribution in [1.82, 2.24) is 4.57 Å². The minimum Gasteiger partial charge on any atom is -0.497 e. The number of rotatable bonds is 7. The first-order chi connectivity index (χ1) is 14.0. The summed E-state index contributed by atoms with van der Waals surface area (Å²) in [5.41, 5.74) is 1.25. The van der Waals surface area contributed by atoms with Crippen LogP contribution >= 0.6 is 11.3 Å². The average Bonchev–Trinajstić information content (AvgIpc) is 3.08. The van der Waals surface area contributed by atoms with Gasteiger partial charge in [0.1, 0.15) is 11.5 Å². The minimum atomic E-state index is -0.398. The first kappa shape index (κ1) is 20.5. The summed E-state index contributed by atoms with van der Waals surface area (Å²) in [5, 5.41) is 0. The van der Waals surface area contributed by atoms with Gasteiger partial charge in [0, 0.05) is 30.3 Å². The number of nitrogens with zero attached hydrogens (tertiary/aromatic N) is 2. The predicted octanol–water partition coefficient (Wildman–Crippen LogP) is 3.66. The van der Waals surface area contributed by atoms with Crippen LogP contribution in [0.3, 0.4) is 0 Å². The van der Waals surface area contributed by atoms with Gasteiger partial charge in [-0.15, -0.1) is 6.58 Å². The molecule has 0 radical (unpaired) electrons. The molecule has 29 heavy (non-hydrogen) atoms. The second-order valence-corrected chi connectivity index (χ2v) is 6.99. The lowest BCUT2D eigenvalue weighted by molar-refractivity contribution is 0.0997. The Balaban J connectivity index is 2.17. The molecule has 1 heterocycles. The normalized spacial score (nSPS) is 11.4. The van der Waals surface area contributed by atoms with Crippen LogP contribution in [-0.4, -0.2) is 38.9 Å². The van der Waals surface area contributed by atoms with E-state index < -0.39 is 5.91 Å². The lowest BCUT2D eigenvalue weighted by Crippen LogP contribution is -2.16. The van der Waals surface area contributed by atoms with Crippen LogP contribution < -0.4 is 23.7 Å². The van der Waals surface area contributed by atoms with Crippen LogP contribution in [0.1, 0.15) is 10.4 Å². The van der Waals surface area contributed by atoms with Crippen molar-refractivity contribution in [2.24, 2.45) is 4.99 Å². The quantitative estimate of drug-likeness (QED) is 0.552. The number of hydrogen-bond donors (Lipinski definition) is 0. The first-order valence-electron chi connectivity index (χ1n) is 8.73. The van der Waals surface area contributed by atoms with Crippen molar-refractivity contribution in [2.75, 3.05) is 28.4 Å². The van der Waals surface area contributed by atoms with Gasteiger partial charge in [-0.1, -0.05) is 17.4 Å². The highest BCUT2D eigenvalue weighted by molar-refractivity contribution is 7.16. The predicted molar refractivity (Wildman–Crippen MR) is 113 cm³/mol. The molecular formula is C21H22N2O5S. The fourth-order valence-electron chi connectivity index (χ4n) is 2.87. The molecule has 1 aromatic heterocycles. The summed E-state index contributed by atoms with van der Waals surface area (Å²) in [6.07, 6.45) is 1.75. The van der Waals surface area contributed by atoms with Crippen LogP contribution in [0.5, 0.6) is 23.0 Å². The minimum absolute atomic E-state index is 0.374. The highest BCUT2D eigenvalue weighted by atomic mass is 32.1. The number of thiazole rings is 1. The van der Waals surface area contributed by atoms with Crippen molar-refractivity contribution < 1.29 is 23.7 Å². The maximum Gasteiger partial charge on any atom is 0.279 e. The molecule has 0 spiro atoms. The van der Waals surface area contributed by atoms with Gasteiger partial charge in [0.05, 0.1) is 38.7 Å². The van der Waals surface area contributed by atoms with E-state index in [9.17, 15) is 4.79 Å². The zero-order valence-electron chi connectivity index (χ0n) is 16.7. The Bertz CT molecular complexity index is 1110. The average molecular weight is 414 g/mol. The van der Waals surface area contributed by atoms with E-state index in [1.165, 1.54) is 25.6 Å². The van der Waals surface area contributed by atoms with Gasteiger partial charge in [0.15, 0.2) is 16.3 Å². The number of aromatic nitrogens is 1. The Hall–Kier alpha value is -3.26. The van der Waals surface area contributed by atoms with Crippen molar-refractivity contribution in [3.8, 4) is 23.0 Å². The topological polar surface area (TPSA) is 71.3 Å². The molecule has 0 unspecified atom stereocenters. The Morgan fingerprint density at radius 1 is 1.00 bits per heavy atom. The number of fused-ring (bicyclic) bond motifs is 1. The van der Waals surface area contributed by atoms with E-state index in [-0.39, 0.29) is 0 Å². The second kappa shape index (κ2) is 8.83. The van der Waals surface area contributed by atoms with Crippen molar-refractivity contribution in [3.05, 3.63) is 53.4 Å². The third-order valence-corrected chi connectivity index (χ3v) is 5.34. The smallest absolute Gasteiger partial charge is 0.279 e. The Morgan fingerprint density at radius 3 is 2.17 bits per heavy atom. The molecule has 152 valence electrons. The Kier molecular flexibility index (Phi) is 6.23. The van der Waals surface area contributed by atoms with E-state index >= 15 is 0 Å². The lowest BCUT2D eigenvalue weighted by Gasteiger charge is -2.08. The van der Waals surface area contributed by atoms with Gasteiger partial charge in [-0.2, -0.15) is 4.99 Å². The molecule has 0 N–H and O–H groups in total. The van der Waals surface area contributed by atoms with Gasteiger partial charge < -0.3 is 23.5 Å². The molecule has 0 aliphatic carbocycles. The first-order valence-corrected chi connectivity index (χ1v) is 9.54. The molecule has 0 aliphatic heterocycles. The molecule has 0 aliphatic rings. The van der Waals surface area contributed by atoms with Gasteiger partial charge in [-0.05, 0) is 12.1 Å². The molecule has 2 aromatic carbocycles. The number of hydrogen-bond acceptors (Lipinski definition) is 6. The van der Waals surface area contributed by atoms with E-state index in [0.717, 1.165) is 10.2 Å². The number of ether oxygens (including phenoxy) is 4. The third-order valence-electron chi connectivity index (χ3n) is 4.30. The van der Waals surface area contributed by atoms with Gasteiger partial charge in [0.2, 0.25) is 0 Å². The van der Waals surface area contributed by atoms with E-state index in [0.29, 0.717) is 39.9 Å². The number of carbonyl (C=O) groups is 1. The monoisotopic (exact) mass is 414 g/mol.